The normalized spacial score (nSPS) is 11.7. The predicted molar refractivity (Wildman–Crippen MR) is 95.7 cm³/mol. The minimum Gasteiger partial charge on any atom is -0.504 e. The summed E-state index contributed by atoms with van der Waals surface area (Å²) in [4.78, 5) is 12.5. The number of aryl methyl sites for hydroxylation is 1. The van der Waals surface area contributed by atoms with E-state index in [4.69, 9.17) is 0 Å². The Morgan fingerprint density at radius 1 is 1.16 bits per heavy atom. The zero-order chi connectivity index (χ0) is 18.6. The minimum absolute atomic E-state index is 0.0918. The predicted octanol–water partition coefficient (Wildman–Crippen LogP) is 3.36. The molecule has 0 bridgehead atoms. The van der Waals surface area contributed by atoms with Crippen molar-refractivity contribution < 1.29 is 15.0 Å². The number of rotatable bonds is 4. The highest BCUT2D eigenvalue weighted by Gasteiger charge is 2.24. The van der Waals surface area contributed by atoms with Crippen LogP contribution in [0.2, 0.25) is 0 Å². The maximum Gasteiger partial charge on any atom is 0.262 e. The van der Waals surface area contributed by atoms with Gasteiger partial charge >= 0.3 is 0 Å². The summed E-state index contributed by atoms with van der Waals surface area (Å²) in [7, 11) is 0. The number of phenolic OH excluding ortho intramolecular Hbond substituents is 2. The number of nitriles is 1. The Morgan fingerprint density at radius 2 is 1.88 bits per heavy atom. The number of hydrogen-bond donors (Lipinski definition) is 3. The summed E-state index contributed by atoms with van der Waals surface area (Å²) in [5.41, 5.74) is 1.70. The van der Waals surface area contributed by atoms with Crippen LogP contribution in [-0.2, 0) is 10.3 Å². The summed E-state index contributed by atoms with van der Waals surface area (Å²) in [5, 5.41) is 31.0. The van der Waals surface area contributed by atoms with Crippen molar-refractivity contribution in [3.05, 3.63) is 64.7 Å². The first-order valence-electron chi connectivity index (χ1n) is 7.76. The van der Waals surface area contributed by atoms with Crippen LogP contribution >= 0.6 is 0 Å². The maximum absolute atomic E-state index is 12.5. The number of nitrogens with zero attached hydrogens (tertiary/aromatic N) is 1. The van der Waals surface area contributed by atoms with Gasteiger partial charge < -0.3 is 15.5 Å². The molecule has 0 radical (unpaired) electrons. The van der Waals surface area contributed by atoms with E-state index < -0.39 is 11.4 Å². The van der Waals surface area contributed by atoms with Crippen molar-refractivity contribution in [3.63, 3.8) is 0 Å². The Bertz CT molecular complexity index is 877. The van der Waals surface area contributed by atoms with Crippen molar-refractivity contribution in [2.75, 3.05) is 0 Å². The fourth-order valence-electron chi connectivity index (χ4n) is 2.40. The molecule has 0 atom stereocenters. The van der Waals surface area contributed by atoms with Gasteiger partial charge in [0.2, 0.25) is 0 Å². The Balaban J connectivity index is 2.26. The second-order valence-corrected chi connectivity index (χ2v) is 6.37. The van der Waals surface area contributed by atoms with E-state index in [9.17, 15) is 20.3 Å². The molecule has 0 saturated heterocycles. The molecule has 2 aromatic rings. The van der Waals surface area contributed by atoms with Crippen LogP contribution < -0.4 is 5.32 Å². The molecule has 0 heterocycles. The van der Waals surface area contributed by atoms with Crippen LogP contribution in [0.25, 0.3) is 6.08 Å². The second kappa shape index (κ2) is 7.10. The first kappa shape index (κ1) is 18.1. The average molecular weight is 336 g/mol. The number of benzene rings is 2. The van der Waals surface area contributed by atoms with Crippen LogP contribution in [0.3, 0.4) is 0 Å². The lowest BCUT2D eigenvalue weighted by Gasteiger charge is -2.27. The lowest BCUT2D eigenvalue weighted by atomic mass is 9.92. The molecule has 5 heteroatoms. The molecule has 0 aliphatic carbocycles. The first-order valence-corrected chi connectivity index (χ1v) is 7.76. The van der Waals surface area contributed by atoms with Gasteiger partial charge in [-0.2, -0.15) is 5.26 Å². The number of amides is 1. The number of carbonyl (C=O) groups is 1. The third kappa shape index (κ3) is 4.39. The Labute approximate surface area is 146 Å². The number of hydrogen-bond acceptors (Lipinski definition) is 4. The van der Waals surface area contributed by atoms with Gasteiger partial charge in [0.15, 0.2) is 11.5 Å². The lowest BCUT2D eigenvalue weighted by molar-refractivity contribution is -0.118. The highest BCUT2D eigenvalue weighted by molar-refractivity contribution is 6.02. The largest absolute Gasteiger partial charge is 0.504 e. The van der Waals surface area contributed by atoms with E-state index in [1.165, 1.54) is 24.3 Å². The van der Waals surface area contributed by atoms with Crippen LogP contribution in [0.15, 0.2) is 48.0 Å². The number of aromatic hydroxyl groups is 2. The lowest BCUT2D eigenvalue weighted by Crippen LogP contribution is -2.41. The zero-order valence-electron chi connectivity index (χ0n) is 14.4. The third-order valence-electron chi connectivity index (χ3n) is 3.84. The Morgan fingerprint density at radius 3 is 2.48 bits per heavy atom. The molecule has 0 aliphatic heterocycles. The first-order chi connectivity index (χ1) is 11.7. The summed E-state index contributed by atoms with van der Waals surface area (Å²) in [6, 6.07) is 13.7. The topological polar surface area (TPSA) is 93.4 Å². The molecular weight excluding hydrogens is 316 g/mol. The van der Waals surface area contributed by atoms with Crippen LogP contribution in [-0.4, -0.2) is 16.1 Å². The fourth-order valence-corrected chi connectivity index (χ4v) is 2.40. The monoisotopic (exact) mass is 336 g/mol. The molecule has 3 N–H and O–H groups in total. The minimum atomic E-state index is -0.657. The highest BCUT2D eigenvalue weighted by Crippen LogP contribution is 2.26. The molecule has 128 valence electrons. The van der Waals surface area contributed by atoms with Crippen LogP contribution in [0.4, 0.5) is 0 Å². The molecule has 0 unspecified atom stereocenters. The van der Waals surface area contributed by atoms with Crippen molar-refractivity contribution in [2.45, 2.75) is 26.3 Å². The van der Waals surface area contributed by atoms with E-state index in [0.717, 1.165) is 11.1 Å². The number of nitrogens with one attached hydrogen (secondary N) is 1. The average Bonchev–Trinajstić information content (AvgIpc) is 2.55. The Hall–Kier alpha value is -3.26. The van der Waals surface area contributed by atoms with Gasteiger partial charge in [-0.25, -0.2) is 0 Å². The van der Waals surface area contributed by atoms with Crippen LogP contribution in [0.5, 0.6) is 11.5 Å². The fraction of sp³-hybridized carbons (Fsp3) is 0.200. The van der Waals surface area contributed by atoms with Crippen LogP contribution in [0, 0.1) is 18.3 Å². The quantitative estimate of drug-likeness (QED) is 0.453. The van der Waals surface area contributed by atoms with Gasteiger partial charge in [-0.15, -0.1) is 0 Å². The van der Waals surface area contributed by atoms with Gasteiger partial charge in [-0.3, -0.25) is 4.79 Å². The van der Waals surface area contributed by atoms with E-state index in [1.54, 1.807) is 0 Å². The smallest absolute Gasteiger partial charge is 0.262 e. The van der Waals surface area contributed by atoms with Crippen molar-refractivity contribution in [2.24, 2.45) is 0 Å². The van der Waals surface area contributed by atoms with E-state index in [0.29, 0.717) is 5.56 Å². The highest BCUT2D eigenvalue weighted by atomic mass is 16.3. The molecule has 25 heavy (non-hydrogen) atoms. The van der Waals surface area contributed by atoms with Gasteiger partial charge in [0.1, 0.15) is 11.6 Å². The van der Waals surface area contributed by atoms with Crippen molar-refractivity contribution in [3.8, 4) is 17.6 Å². The maximum atomic E-state index is 12.5. The second-order valence-electron chi connectivity index (χ2n) is 6.37. The third-order valence-corrected chi connectivity index (χ3v) is 3.84. The van der Waals surface area contributed by atoms with Gasteiger partial charge in [-0.05, 0) is 50.1 Å². The summed E-state index contributed by atoms with van der Waals surface area (Å²) < 4.78 is 0. The van der Waals surface area contributed by atoms with E-state index in [1.807, 2.05) is 51.1 Å². The van der Waals surface area contributed by atoms with E-state index >= 15 is 0 Å². The van der Waals surface area contributed by atoms with Crippen molar-refractivity contribution in [1.82, 2.24) is 5.32 Å². The summed E-state index contributed by atoms with van der Waals surface area (Å²) in [5.74, 6) is -1.09. The molecule has 0 aliphatic rings. The van der Waals surface area contributed by atoms with Crippen molar-refractivity contribution >= 4 is 12.0 Å². The molecule has 0 saturated carbocycles. The van der Waals surface area contributed by atoms with Crippen molar-refractivity contribution in [1.29, 1.82) is 5.26 Å². The Kier molecular flexibility index (Phi) is 5.14. The molecule has 0 aromatic heterocycles. The molecular formula is C20H20N2O3. The summed E-state index contributed by atoms with van der Waals surface area (Å²) in [6.07, 6.45) is 1.36. The number of carbonyl (C=O) groups excluding carboxylic acids is 1. The molecule has 2 rings (SSSR count). The van der Waals surface area contributed by atoms with E-state index in [-0.39, 0.29) is 17.1 Å². The molecule has 0 spiro atoms. The summed E-state index contributed by atoms with van der Waals surface area (Å²) >= 11 is 0. The molecule has 2 aromatic carbocycles. The van der Waals surface area contributed by atoms with Gasteiger partial charge in [-0.1, -0.05) is 35.9 Å². The molecule has 1 amide bonds. The van der Waals surface area contributed by atoms with Gasteiger partial charge in [0, 0.05) is 0 Å². The zero-order valence-corrected chi connectivity index (χ0v) is 14.4. The molecule has 0 fully saturated rings. The van der Waals surface area contributed by atoms with Gasteiger partial charge in [0.05, 0.1) is 5.54 Å². The van der Waals surface area contributed by atoms with Gasteiger partial charge in [0.25, 0.3) is 5.91 Å². The number of phenols is 2. The molecule has 5 nitrogen and oxygen atoms in total. The standard InChI is InChI=1S/C20H20N2O3/c1-13-5-4-6-16(9-13)20(2,3)22-19(25)15(12-21)10-14-7-8-17(23)18(24)11-14/h4-11,23-24H,1-3H3,(H,22,25)/b15-10+. The SMILES string of the molecule is Cc1cccc(C(C)(C)NC(=O)/C(C#N)=C/c2ccc(O)c(O)c2)c1. The van der Waals surface area contributed by atoms with E-state index in [2.05, 4.69) is 5.32 Å². The van der Waals surface area contributed by atoms with Crippen LogP contribution in [0.1, 0.15) is 30.5 Å². The summed E-state index contributed by atoms with van der Waals surface area (Å²) in [6.45, 7) is 5.70.